The first-order valence-electron chi connectivity index (χ1n) is 9.08. The number of nitrogen functional groups attached to an aromatic ring is 1. The third-order valence-corrected chi connectivity index (χ3v) is 4.64. The van der Waals surface area contributed by atoms with Crippen LogP contribution >= 0.6 is 0 Å². The summed E-state index contributed by atoms with van der Waals surface area (Å²) >= 11 is 0. The van der Waals surface area contributed by atoms with Crippen molar-refractivity contribution in [3.05, 3.63) is 109 Å². The maximum atomic E-state index is 5.80. The van der Waals surface area contributed by atoms with Crippen LogP contribution in [0.4, 0.5) is 22.7 Å². The number of hydrogen-bond acceptors (Lipinski definition) is 2. The molecule has 0 amide bonds. The van der Waals surface area contributed by atoms with Crippen LogP contribution in [0.5, 0.6) is 0 Å². The number of nitrogens with two attached hydrogens (primary N) is 1. The molecule has 0 unspecified atom stereocenters. The Labute approximate surface area is 160 Å². The third-order valence-electron chi connectivity index (χ3n) is 4.64. The minimum Gasteiger partial charge on any atom is -0.399 e. The first-order valence-corrected chi connectivity index (χ1v) is 9.08. The molecule has 4 aromatic rings. The molecule has 0 atom stereocenters. The van der Waals surface area contributed by atoms with Crippen molar-refractivity contribution in [3.8, 4) is 11.1 Å². The van der Waals surface area contributed by atoms with Crippen molar-refractivity contribution < 1.29 is 0 Å². The Morgan fingerprint density at radius 1 is 0.556 bits per heavy atom. The molecule has 0 aromatic heterocycles. The van der Waals surface area contributed by atoms with Crippen LogP contribution < -0.4 is 10.6 Å². The lowest BCUT2D eigenvalue weighted by Crippen LogP contribution is -2.09. The molecule has 0 fully saturated rings. The van der Waals surface area contributed by atoms with Crippen molar-refractivity contribution in [3.63, 3.8) is 0 Å². The molecule has 4 rings (SSSR count). The molecule has 2 N–H and O–H groups in total. The highest BCUT2D eigenvalue weighted by Gasteiger charge is 2.12. The van der Waals surface area contributed by atoms with Gasteiger partial charge in [-0.25, -0.2) is 0 Å². The average Bonchev–Trinajstić information content (AvgIpc) is 2.70. The summed E-state index contributed by atoms with van der Waals surface area (Å²) in [5, 5.41) is 0. The number of benzene rings is 4. The fraction of sp³-hybridized carbons (Fsp3) is 0.0400. The summed E-state index contributed by atoms with van der Waals surface area (Å²) in [7, 11) is 0. The van der Waals surface area contributed by atoms with Gasteiger partial charge in [0.25, 0.3) is 0 Å². The fourth-order valence-corrected chi connectivity index (χ4v) is 3.27. The van der Waals surface area contributed by atoms with Gasteiger partial charge in [-0.3, -0.25) is 0 Å². The molecule has 4 aromatic carbocycles. The number of hydrogen-bond donors (Lipinski definition) is 1. The van der Waals surface area contributed by atoms with Crippen LogP contribution in [0.2, 0.25) is 0 Å². The number of rotatable bonds is 4. The van der Waals surface area contributed by atoms with Gasteiger partial charge in [0.15, 0.2) is 0 Å². The standard InChI is InChI=1S/C25H22N2/c1-19-6-5-9-25(18-19)27(23-7-3-2-4-8-23)24-16-12-21(13-17-24)20-10-14-22(26)15-11-20/h2-18H,26H2,1H3. The van der Waals surface area contributed by atoms with Crippen molar-refractivity contribution in [2.45, 2.75) is 6.92 Å². The van der Waals surface area contributed by atoms with Crippen LogP contribution in [0.25, 0.3) is 11.1 Å². The summed E-state index contributed by atoms with van der Waals surface area (Å²) in [5.41, 5.74) is 13.6. The minimum atomic E-state index is 0.782. The highest BCUT2D eigenvalue weighted by Crippen LogP contribution is 2.35. The molecule has 0 bridgehead atoms. The molecule has 0 radical (unpaired) electrons. The van der Waals surface area contributed by atoms with Gasteiger partial charge in [0.2, 0.25) is 0 Å². The Balaban J connectivity index is 1.75. The first kappa shape index (κ1) is 16.9. The summed E-state index contributed by atoms with van der Waals surface area (Å²) < 4.78 is 0. The molecular formula is C25H22N2. The molecule has 2 nitrogen and oxygen atoms in total. The van der Waals surface area contributed by atoms with Gasteiger partial charge in [0.1, 0.15) is 0 Å². The lowest BCUT2D eigenvalue weighted by Gasteiger charge is -2.26. The van der Waals surface area contributed by atoms with E-state index in [0.29, 0.717) is 0 Å². The zero-order chi connectivity index (χ0) is 18.6. The average molecular weight is 350 g/mol. The van der Waals surface area contributed by atoms with Gasteiger partial charge >= 0.3 is 0 Å². The smallest absolute Gasteiger partial charge is 0.0464 e. The number of para-hydroxylation sites is 1. The highest BCUT2D eigenvalue weighted by atomic mass is 15.1. The van der Waals surface area contributed by atoms with Crippen molar-refractivity contribution in [2.24, 2.45) is 0 Å². The molecule has 0 aliphatic rings. The summed E-state index contributed by atoms with van der Waals surface area (Å²) in [6.07, 6.45) is 0. The van der Waals surface area contributed by atoms with Crippen LogP contribution in [0, 0.1) is 6.92 Å². The monoisotopic (exact) mass is 350 g/mol. The SMILES string of the molecule is Cc1cccc(N(c2ccccc2)c2ccc(-c3ccc(N)cc3)cc2)c1. The third kappa shape index (κ3) is 3.70. The van der Waals surface area contributed by atoms with Gasteiger partial charge in [-0.15, -0.1) is 0 Å². The van der Waals surface area contributed by atoms with Gasteiger partial charge in [-0.1, -0.05) is 54.6 Å². The van der Waals surface area contributed by atoms with Crippen LogP contribution in [-0.4, -0.2) is 0 Å². The second kappa shape index (κ2) is 7.38. The van der Waals surface area contributed by atoms with E-state index in [4.69, 9.17) is 5.73 Å². The van der Waals surface area contributed by atoms with Crippen molar-refractivity contribution in [1.29, 1.82) is 0 Å². The highest BCUT2D eigenvalue weighted by molar-refractivity contribution is 5.78. The Kier molecular flexibility index (Phi) is 4.63. The number of anilines is 4. The fourth-order valence-electron chi connectivity index (χ4n) is 3.27. The van der Waals surface area contributed by atoms with Crippen LogP contribution in [0.3, 0.4) is 0 Å². The Morgan fingerprint density at radius 3 is 1.74 bits per heavy atom. The largest absolute Gasteiger partial charge is 0.399 e. The molecule has 0 spiro atoms. The van der Waals surface area contributed by atoms with Crippen molar-refractivity contribution >= 4 is 22.7 Å². The van der Waals surface area contributed by atoms with Crippen LogP contribution in [0.1, 0.15) is 5.56 Å². The maximum Gasteiger partial charge on any atom is 0.0464 e. The van der Waals surface area contributed by atoms with E-state index in [1.54, 1.807) is 0 Å². The molecule has 0 aliphatic carbocycles. The maximum absolute atomic E-state index is 5.80. The summed E-state index contributed by atoms with van der Waals surface area (Å²) in [5.74, 6) is 0. The van der Waals surface area contributed by atoms with Gasteiger partial charge in [0, 0.05) is 22.7 Å². The van der Waals surface area contributed by atoms with Crippen molar-refractivity contribution in [2.75, 3.05) is 10.6 Å². The Morgan fingerprint density at radius 2 is 1.11 bits per heavy atom. The minimum absolute atomic E-state index is 0.782. The summed E-state index contributed by atoms with van der Waals surface area (Å²) in [6, 6.07) is 35.7. The van der Waals surface area contributed by atoms with Crippen LogP contribution in [-0.2, 0) is 0 Å². The van der Waals surface area contributed by atoms with Gasteiger partial charge in [-0.05, 0) is 72.1 Å². The number of nitrogens with zero attached hydrogens (tertiary/aromatic N) is 1. The Hall–Kier alpha value is -3.52. The second-order valence-corrected chi connectivity index (χ2v) is 6.68. The quantitative estimate of drug-likeness (QED) is 0.414. The summed E-state index contributed by atoms with van der Waals surface area (Å²) in [6.45, 7) is 2.12. The molecule has 0 aliphatic heterocycles. The lowest BCUT2D eigenvalue weighted by molar-refractivity contribution is 1.27. The molecule has 132 valence electrons. The van der Waals surface area contributed by atoms with E-state index in [-0.39, 0.29) is 0 Å². The van der Waals surface area contributed by atoms with Crippen LogP contribution in [0.15, 0.2) is 103 Å². The molecule has 0 saturated carbocycles. The molecule has 27 heavy (non-hydrogen) atoms. The van der Waals surface area contributed by atoms with E-state index < -0.39 is 0 Å². The normalized spacial score (nSPS) is 10.6. The molecule has 0 heterocycles. The van der Waals surface area contributed by atoms with E-state index in [2.05, 4.69) is 96.8 Å². The molecule has 2 heteroatoms. The van der Waals surface area contributed by atoms with E-state index in [9.17, 15) is 0 Å². The van der Waals surface area contributed by atoms with E-state index in [1.165, 1.54) is 11.1 Å². The first-order chi connectivity index (χ1) is 13.2. The lowest BCUT2D eigenvalue weighted by atomic mass is 10.0. The predicted molar refractivity (Wildman–Crippen MR) is 116 cm³/mol. The molecular weight excluding hydrogens is 328 g/mol. The van der Waals surface area contributed by atoms with Gasteiger partial charge < -0.3 is 10.6 Å². The Bertz CT molecular complexity index is 1020. The zero-order valence-electron chi connectivity index (χ0n) is 15.3. The molecule has 0 saturated heterocycles. The topological polar surface area (TPSA) is 29.3 Å². The van der Waals surface area contributed by atoms with E-state index in [0.717, 1.165) is 28.3 Å². The number of aryl methyl sites for hydroxylation is 1. The predicted octanol–water partition coefficient (Wildman–Crippen LogP) is 6.71. The van der Waals surface area contributed by atoms with E-state index in [1.807, 2.05) is 18.2 Å². The van der Waals surface area contributed by atoms with Gasteiger partial charge in [0.05, 0.1) is 0 Å². The second-order valence-electron chi connectivity index (χ2n) is 6.68. The zero-order valence-corrected chi connectivity index (χ0v) is 15.3. The van der Waals surface area contributed by atoms with Gasteiger partial charge in [-0.2, -0.15) is 0 Å². The summed E-state index contributed by atoms with van der Waals surface area (Å²) in [4.78, 5) is 2.28. The van der Waals surface area contributed by atoms with E-state index >= 15 is 0 Å². The van der Waals surface area contributed by atoms with Crippen molar-refractivity contribution in [1.82, 2.24) is 0 Å².